The maximum atomic E-state index is 12.8. The fourth-order valence-corrected chi connectivity index (χ4v) is 2.29. The molecule has 0 aliphatic heterocycles. The molecule has 0 spiro atoms. The van der Waals surface area contributed by atoms with Crippen molar-refractivity contribution in [3.05, 3.63) is 65.2 Å². The Hall–Kier alpha value is -2.83. The van der Waals surface area contributed by atoms with Crippen LogP contribution in [-0.4, -0.2) is 11.8 Å². The van der Waals surface area contributed by atoms with Gasteiger partial charge in [0.2, 0.25) is 5.91 Å². The van der Waals surface area contributed by atoms with Gasteiger partial charge in [0.1, 0.15) is 0 Å². The lowest BCUT2D eigenvalue weighted by molar-refractivity contribution is -0.137. The smallest absolute Gasteiger partial charge is 0.346 e. The van der Waals surface area contributed by atoms with Gasteiger partial charge in [-0.25, -0.2) is 0 Å². The molecule has 0 saturated heterocycles. The second kappa shape index (κ2) is 7.38. The molecule has 25 heavy (non-hydrogen) atoms. The molecule has 2 N–H and O–H groups in total. The molecule has 2 aromatic carbocycles. The molecule has 0 fully saturated rings. The Labute approximate surface area is 143 Å². The molecule has 0 heterocycles. The van der Waals surface area contributed by atoms with Crippen molar-refractivity contribution in [2.24, 2.45) is 0 Å². The Morgan fingerprint density at radius 3 is 2.36 bits per heavy atom. The number of carbonyl (C=O) groups is 2. The molecule has 0 bridgehead atoms. The molecular weight excluding hydrogens is 333 g/mol. The molecule has 0 saturated carbocycles. The largest absolute Gasteiger partial charge is 0.416 e. The fourth-order valence-electron chi connectivity index (χ4n) is 2.29. The van der Waals surface area contributed by atoms with Crippen molar-refractivity contribution in [2.75, 3.05) is 5.32 Å². The number of anilines is 1. The summed E-state index contributed by atoms with van der Waals surface area (Å²) in [6.45, 7) is 2.95. The zero-order chi connectivity index (χ0) is 18.6. The lowest BCUT2D eigenvalue weighted by Gasteiger charge is -2.16. The minimum absolute atomic E-state index is 0.269. The summed E-state index contributed by atoms with van der Waals surface area (Å²) >= 11 is 0. The van der Waals surface area contributed by atoms with Crippen molar-refractivity contribution in [3.63, 3.8) is 0 Å². The van der Waals surface area contributed by atoms with E-state index in [0.29, 0.717) is 16.8 Å². The predicted octanol–water partition coefficient (Wildman–Crippen LogP) is 4.15. The van der Waals surface area contributed by atoms with Crippen LogP contribution in [-0.2, 0) is 11.0 Å². The van der Waals surface area contributed by atoms with E-state index in [1.165, 1.54) is 25.1 Å². The molecular formula is C18H17F3N2O2. The zero-order valence-corrected chi connectivity index (χ0v) is 13.6. The fraction of sp³-hybridized carbons (Fsp3) is 0.222. The number of halogens is 3. The number of alkyl halides is 3. The highest BCUT2D eigenvalue weighted by atomic mass is 19.4. The van der Waals surface area contributed by atoms with Crippen LogP contribution in [0, 0.1) is 0 Å². The third-order valence-corrected chi connectivity index (χ3v) is 3.51. The highest BCUT2D eigenvalue weighted by molar-refractivity contribution is 5.97. The first-order valence-corrected chi connectivity index (χ1v) is 7.52. The lowest BCUT2D eigenvalue weighted by Crippen LogP contribution is -2.27. The van der Waals surface area contributed by atoms with E-state index in [9.17, 15) is 22.8 Å². The molecule has 0 radical (unpaired) electrons. The quantitative estimate of drug-likeness (QED) is 0.870. The monoisotopic (exact) mass is 350 g/mol. The van der Waals surface area contributed by atoms with E-state index >= 15 is 0 Å². The van der Waals surface area contributed by atoms with Crippen molar-refractivity contribution < 1.29 is 22.8 Å². The number of rotatable bonds is 4. The van der Waals surface area contributed by atoms with Gasteiger partial charge in [-0.1, -0.05) is 18.2 Å². The van der Waals surface area contributed by atoms with Gasteiger partial charge in [0.15, 0.2) is 0 Å². The van der Waals surface area contributed by atoms with Crippen molar-refractivity contribution in [1.29, 1.82) is 0 Å². The second-order valence-electron chi connectivity index (χ2n) is 5.58. The minimum atomic E-state index is -4.44. The summed E-state index contributed by atoms with van der Waals surface area (Å²) in [4.78, 5) is 23.4. The van der Waals surface area contributed by atoms with Crippen molar-refractivity contribution in [2.45, 2.75) is 26.1 Å². The van der Waals surface area contributed by atoms with E-state index in [2.05, 4.69) is 10.6 Å². The molecule has 4 nitrogen and oxygen atoms in total. The van der Waals surface area contributed by atoms with Gasteiger partial charge in [-0.15, -0.1) is 0 Å². The third kappa shape index (κ3) is 5.07. The van der Waals surface area contributed by atoms with E-state index < -0.39 is 23.7 Å². The molecule has 0 unspecified atom stereocenters. The summed E-state index contributed by atoms with van der Waals surface area (Å²) in [6.07, 6.45) is -4.44. The van der Waals surface area contributed by atoms with Gasteiger partial charge in [-0.2, -0.15) is 13.2 Å². The SMILES string of the molecule is CC(=O)Nc1cccc(C(=O)N[C@H](C)c2cccc(C(F)(F)F)c2)c1. The standard InChI is InChI=1S/C18H17F3N2O2/c1-11(13-5-3-7-15(9-13)18(19,20)21)22-17(25)14-6-4-8-16(10-14)23-12(2)24/h3-11H,1-2H3,(H,22,25)(H,23,24)/t11-/m1/s1. The van der Waals surface area contributed by atoms with E-state index in [4.69, 9.17) is 0 Å². The summed E-state index contributed by atoms with van der Waals surface area (Å²) in [5, 5.41) is 5.22. The Balaban J connectivity index is 2.14. The van der Waals surface area contributed by atoms with Crippen LogP contribution < -0.4 is 10.6 Å². The molecule has 2 aromatic rings. The molecule has 132 valence electrons. The van der Waals surface area contributed by atoms with Gasteiger partial charge in [-0.05, 0) is 42.8 Å². The number of nitrogens with one attached hydrogen (secondary N) is 2. The van der Waals surface area contributed by atoms with E-state index in [-0.39, 0.29) is 5.91 Å². The summed E-state index contributed by atoms with van der Waals surface area (Å²) in [5.74, 6) is -0.716. The van der Waals surface area contributed by atoms with E-state index in [0.717, 1.165) is 12.1 Å². The second-order valence-corrected chi connectivity index (χ2v) is 5.58. The maximum absolute atomic E-state index is 12.8. The molecule has 0 aliphatic rings. The Morgan fingerprint density at radius 1 is 1.04 bits per heavy atom. The topological polar surface area (TPSA) is 58.2 Å². The van der Waals surface area contributed by atoms with Gasteiger partial charge in [0, 0.05) is 18.2 Å². The Morgan fingerprint density at radius 2 is 1.72 bits per heavy atom. The highest BCUT2D eigenvalue weighted by Gasteiger charge is 2.30. The number of hydrogen-bond donors (Lipinski definition) is 2. The first-order chi connectivity index (χ1) is 11.7. The summed E-state index contributed by atoms with van der Waals surface area (Å²) in [5.41, 5.74) is 0.344. The van der Waals surface area contributed by atoms with Crippen LogP contribution >= 0.6 is 0 Å². The first kappa shape index (κ1) is 18.5. The van der Waals surface area contributed by atoms with Crippen LogP contribution in [0.25, 0.3) is 0 Å². The van der Waals surface area contributed by atoms with Crippen molar-refractivity contribution in [1.82, 2.24) is 5.32 Å². The van der Waals surface area contributed by atoms with Crippen LogP contribution in [0.3, 0.4) is 0 Å². The molecule has 1 atom stereocenters. The summed E-state index contributed by atoms with van der Waals surface area (Å²) in [6, 6.07) is 10.5. The van der Waals surface area contributed by atoms with Crippen LogP contribution in [0.1, 0.15) is 41.4 Å². The zero-order valence-electron chi connectivity index (χ0n) is 13.6. The third-order valence-electron chi connectivity index (χ3n) is 3.51. The molecule has 7 heteroatoms. The maximum Gasteiger partial charge on any atom is 0.416 e. The summed E-state index contributed by atoms with van der Waals surface area (Å²) in [7, 11) is 0. The lowest BCUT2D eigenvalue weighted by atomic mass is 10.0. The van der Waals surface area contributed by atoms with Gasteiger partial charge in [-0.3, -0.25) is 9.59 Å². The molecule has 0 aliphatic carbocycles. The van der Waals surface area contributed by atoms with Gasteiger partial charge >= 0.3 is 6.18 Å². The predicted molar refractivity (Wildman–Crippen MR) is 88.1 cm³/mol. The van der Waals surface area contributed by atoms with E-state index in [1.807, 2.05) is 0 Å². The minimum Gasteiger partial charge on any atom is -0.346 e. The Kier molecular flexibility index (Phi) is 5.46. The van der Waals surface area contributed by atoms with Gasteiger partial charge in [0.05, 0.1) is 11.6 Å². The van der Waals surface area contributed by atoms with E-state index in [1.54, 1.807) is 25.1 Å². The van der Waals surface area contributed by atoms with Gasteiger partial charge < -0.3 is 10.6 Å². The number of amides is 2. The number of benzene rings is 2. The number of carbonyl (C=O) groups excluding carboxylic acids is 2. The van der Waals surface area contributed by atoms with Crippen LogP contribution in [0.4, 0.5) is 18.9 Å². The van der Waals surface area contributed by atoms with Crippen LogP contribution in [0.5, 0.6) is 0 Å². The van der Waals surface area contributed by atoms with Crippen LogP contribution in [0.15, 0.2) is 48.5 Å². The highest BCUT2D eigenvalue weighted by Crippen LogP contribution is 2.30. The average Bonchev–Trinajstić information content (AvgIpc) is 2.53. The Bertz CT molecular complexity index is 788. The van der Waals surface area contributed by atoms with Crippen LogP contribution in [0.2, 0.25) is 0 Å². The first-order valence-electron chi connectivity index (χ1n) is 7.52. The van der Waals surface area contributed by atoms with Crippen molar-refractivity contribution >= 4 is 17.5 Å². The molecule has 0 aromatic heterocycles. The van der Waals surface area contributed by atoms with Gasteiger partial charge in [0.25, 0.3) is 5.91 Å². The molecule has 2 amide bonds. The number of hydrogen-bond acceptors (Lipinski definition) is 2. The summed E-state index contributed by atoms with van der Waals surface area (Å²) < 4.78 is 38.4. The normalized spacial score (nSPS) is 12.4. The molecule has 2 rings (SSSR count). The van der Waals surface area contributed by atoms with Crippen molar-refractivity contribution in [3.8, 4) is 0 Å². The average molecular weight is 350 g/mol.